The Bertz CT molecular complexity index is 643. The van der Waals surface area contributed by atoms with E-state index < -0.39 is 11.6 Å². The van der Waals surface area contributed by atoms with Crippen LogP contribution in [0.3, 0.4) is 0 Å². The van der Waals surface area contributed by atoms with Crippen molar-refractivity contribution in [3.05, 3.63) is 59.7 Å². The van der Waals surface area contributed by atoms with Gasteiger partial charge in [0.05, 0.1) is 7.11 Å². The molecule has 0 aromatic heterocycles. The van der Waals surface area contributed by atoms with Crippen molar-refractivity contribution < 1.29 is 13.5 Å². The summed E-state index contributed by atoms with van der Waals surface area (Å²) in [5.41, 5.74) is 6.50. The van der Waals surface area contributed by atoms with Crippen LogP contribution in [-0.4, -0.2) is 19.6 Å². The van der Waals surface area contributed by atoms with Gasteiger partial charge in [0.15, 0.2) is 5.96 Å². The maximum atomic E-state index is 13.4. The van der Waals surface area contributed by atoms with E-state index in [0.29, 0.717) is 0 Å². The summed E-state index contributed by atoms with van der Waals surface area (Å²) in [4.78, 5) is 4.06. The molecule has 0 radical (unpaired) electrons. The van der Waals surface area contributed by atoms with E-state index in [9.17, 15) is 8.78 Å². The zero-order valence-electron chi connectivity index (χ0n) is 12.6. The van der Waals surface area contributed by atoms with Gasteiger partial charge in [0.2, 0.25) is 0 Å². The lowest BCUT2D eigenvalue weighted by molar-refractivity contribution is 0.415. The van der Waals surface area contributed by atoms with Crippen molar-refractivity contribution >= 4 is 35.6 Å². The van der Waals surface area contributed by atoms with Crippen LogP contribution in [0.1, 0.15) is 5.56 Å². The standard InChI is InChI=1S/C16H17F2N3O.HI/c1-22-12-7-5-11(6-8-12)21-16(19)20-10-9-13-14(17)3-2-4-15(13)18;/h2-8H,9-10H2,1H3,(H3,19,20,21);1H. The lowest BCUT2D eigenvalue weighted by Crippen LogP contribution is -2.23. The summed E-state index contributed by atoms with van der Waals surface area (Å²) < 4.78 is 31.9. The number of methoxy groups -OCH3 is 1. The Morgan fingerprint density at radius 3 is 2.30 bits per heavy atom. The number of aliphatic imine (C=N–C) groups is 1. The molecule has 124 valence electrons. The van der Waals surface area contributed by atoms with Crippen molar-refractivity contribution in [3.63, 3.8) is 0 Å². The molecular weight excluding hydrogens is 415 g/mol. The predicted molar refractivity (Wildman–Crippen MR) is 98.6 cm³/mol. The molecule has 0 saturated heterocycles. The van der Waals surface area contributed by atoms with Gasteiger partial charge in [-0.05, 0) is 42.8 Å². The fraction of sp³-hybridized carbons (Fsp3) is 0.188. The molecule has 2 rings (SSSR count). The van der Waals surface area contributed by atoms with Crippen LogP contribution >= 0.6 is 24.0 Å². The maximum absolute atomic E-state index is 13.4. The summed E-state index contributed by atoms with van der Waals surface area (Å²) in [7, 11) is 1.58. The van der Waals surface area contributed by atoms with Gasteiger partial charge >= 0.3 is 0 Å². The van der Waals surface area contributed by atoms with Crippen molar-refractivity contribution in [1.29, 1.82) is 0 Å². The van der Waals surface area contributed by atoms with Gasteiger partial charge in [-0.1, -0.05) is 6.07 Å². The van der Waals surface area contributed by atoms with Crippen molar-refractivity contribution in [2.45, 2.75) is 6.42 Å². The summed E-state index contributed by atoms with van der Waals surface area (Å²) in [6.07, 6.45) is 0.142. The first-order chi connectivity index (χ1) is 10.6. The molecule has 23 heavy (non-hydrogen) atoms. The molecule has 2 aromatic rings. The average molecular weight is 433 g/mol. The molecular formula is C16H18F2IN3O. The number of hydrogen-bond acceptors (Lipinski definition) is 2. The molecule has 7 heteroatoms. The zero-order chi connectivity index (χ0) is 15.9. The largest absolute Gasteiger partial charge is 0.497 e. The number of halogens is 3. The Labute approximate surface area is 150 Å². The number of hydrogen-bond donors (Lipinski definition) is 2. The van der Waals surface area contributed by atoms with Crippen LogP contribution in [0.4, 0.5) is 14.5 Å². The van der Waals surface area contributed by atoms with Crippen molar-refractivity contribution in [1.82, 2.24) is 0 Å². The number of benzene rings is 2. The second-order valence-electron chi connectivity index (χ2n) is 4.57. The molecule has 0 heterocycles. The number of anilines is 1. The lowest BCUT2D eigenvalue weighted by Gasteiger charge is -2.07. The van der Waals surface area contributed by atoms with Crippen LogP contribution < -0.4 is 15.8 Å². The fourth-order valence-electron chi connectivity index (χ4n) is 1.92. The monoisotopic (exact) mass is 433 g/mol. The van der Waals surface area contributed by atoms with Gasteiger partial charge in [-0.2, -0.15) is 0 Å². The first-order valence-electron chi connectivity index (χ1n) is 6.74. The topological polar surface area (TPSA) is 59.6 Å². The van der Waals surface area contributed by atoms with E-state index in [-0.39, 0.29) is 48.5 Å². The zero-order valence-corrected chi connectivity index (χ0v) is 14.9. The smallest absolute Gasteiger partial charge is 0.193 e. The molecule has 3 N–H and O–H groups in total. The van der Waals surface area contributed by atoms with E-state index in [2.05, 4.69) is 10.3 Å². The first kappa shape index (κ1) is 19.1. The molecule has 0 bridgehead atoms. The van der Waals surface area contributed by atoms with Crippen LogP contribution in [0.25, 0.3) is 0 Å². The number of rotatable bonds is 5. The number of ether oxygens (including phenoxy) is 1. The van der Waals surface area contributed by atoms with E-state index in [1.807, 2.05) is 0 Å². The van der Waals surface area contributed by atoms with E-state index in [1.165, 1.54) is 18.2 Å². The normalized spacial score (nSPS) is 10.8. The Hall–Kier alpha value is -1.90. The van der Waals surface area contributed by atoms with Gasteiger partial charge in [-0.3, -0.25) is 4.99 Å². The van der Waals surface area contributed by atoms with Crippen LogP contribution in [-0.2, 0) is 6.42 Å². The van der Waals surface area contributed by atoms with Gasteiger partial charge in [-0.25, -0.2) is 8.78 Å². The van der Waals surface area contributed by atoms with E-state index in [0.717, 1.165) is 11.4 Å². The highest BCUT2D eigenvalue weighted by Crippen LogP contribution is 2.15. The fourth-order valence-corrected chi connectivity index (χ4v) is 1.92. The highest BCUT2D eigenvalue weighted by Gasteiger charge is 2.07. The number of nitrogens with one attached hydrogen (secondary N) is 1. The molecule has 0 aliphatic rings. The molecule has 2 aromatic carbocycles. The third-order valence-corrected chi connectivity index (χ3v) is 3.07. The SMILES string of the molecule is COc1ccc(NC(N)=NCCc2c(F)cccc2F)cc1.I. The lowest BCUT2D eigenvalue weighted by atomic mass is 10.1. The van der Waals surface area contributed by atoms with E-state index >= 15 is 0 Å². The van der Waals surface area contributed by atoms with Crippen molar-refractivity contribution in [2.75, 3.05) is 19.0 Å². The molecule has 0 saturated carbocycles. The third-order valence-electron chi connectivity index (χ3n) is 3.07. The van der Waals surface area contributed by atoms with Crippen LogP contribution in [0.15, 0.2) is 47.5 Å². The Morgan fingerprint density at radius 1 is 1.13 bits per heavy atom. The van der Waals surface area contributed by atoms with E-state index in [1.54, 1.807) is 31.4 Å². The Balaban J connectivity index is 0.00000264. The van der Waals surface area contributed by atoms with Crippen molar-refractivity contribution in [3.8, 4) is 5.75 Å². The third kappa shape index (κ3) is 5.66. The van der Waals surface area contributed by atoms with Crippen LogP contribution in [0.2, 0.25) is 0 Å². The maximum Gasteiger partial charge on any atom is 0.193 e. The second-order valence-corrected chi connectivity index (χ2v) is 4.57. The quantitative estimate of drug-likeness (QED) is 0.431. The van der Waals surface area contributed by atoms with Crippen LogP contribution in [0, 0.1) is 11.6 Å². The molecule has 0 atom stereocenters. The highest BCUT2D eigenvalue weighted by molar-refractivity contribution is 14.0. The van der Waals surface area contributed by atoms with Crippen LogP contribution in [0.5, 0.6) is 5.75 Å². The molecule has 0 fully saturated rings. The van der Waals surface area contributed by atoms with Gasteiger partial charge in [0.25, 0.3) is 0 Å². The van der Waals surface area contributed by atoms with Gasteiger partial charge < -0.3 is 15.8 Å². The summed E-state index contributed by atoms with van der Waals surface area (Å²) >= 11 is 0. The minimum atomic E-state index is -0.572. The van der Waals surface area contributed by atoms with E-state index in [4.69, 9.17) is 10.5 Å². The molecule has 0 amide bonds. The minimum Gasteiger partial charge on any atom is -0.497 e. The predicted octanol–water partition coefficient (Wildman–Crippen LogP) is 3.56. The number of nitrogens with two attached hydrogens (primary N) is 1. The van der Waals surface area contributed by atoms with Crippen molar-refractivity contribution in [2.24, 2.45) is 10.7 Å². The molecule has 0 unspecified atom stereocenters. The second kappa shape index (κ2) is 9.29. The molecule has 4 nitrogen and oxygen atoms in total. The first-order valence-corrected chi connectivity index (χ1v) is 6.74. The Kier molecular flexibility index (Phi) is 7.73. The number of nitrogens with zero attached hydrogens (tertiary/aromatic N) is 1. The summed E-state index contributed by atoms with van der Waals surface area (Å²) in [5.74, 6) is -0.230. The average Bonchev–Trinajstić information content (AvgIpc) is 2.51. The Morgan fingerprint density at radius 2 is 1.74 bits per heavy atom. The molecule has 0 spiro atoms. The molecule has 0 aliphatic heterocycles. The summed E-state index contributed by atoms with van der Waals surface area (Å²) in [6.45, 7) is 0.187. The molecule has 0 aliphatic carbocycles. The summed E-state index contributed by atoms with van der Waals surface area (Å²) in [5, 5.41) is 2.89. The van der Waals surface area contributed by atoms with Gasteiger partial charge in [-0.15, -0.1) is 24.0 Å². The minimum absolute atomic E-state index is 0. The number of guanidine groups is 1. The van der Waals surface area contributed by atoms with Gasteiger partial charge in [0.1, 0.15) is 17.4 Å². The summed E-state index contributed by atoms with van der Waals surface area (Å²) in [6, 6.07) is 10.9. The highest BCUT2D eigenvalue weighted by atomic mass is 127. The van der Waals surface area contributed by atoms with Gasteiger partial charge in [0, 0.05) is 17.8 Å².